The fraction of sp³-hybridized carbons (Fsp3) is 0.0435. The molecule has 5 nitrogen and oxygen atoms in total. The number of hydrogen-bond acceptors (Lipinski definition) is 5. The van der Waals surface area contributed by atoms with E-state index in [1.807, 2.05) is 60.8 Å². The van der Waals surface area contributed by atoms with E-state index < -0.39 is 0 Å². The van der Waals surface area contributed by atoms with Gasteiger partial charge in [0.2, 0.25) is 0 Å². The van der Waals surface area contributed by atoms with Gasteiger partial charge in [-0.2, -0.15) is 0 Å². The quantitative estimate of drug-likeness (QED) is 0.412. The molecule has 29 heavy (non-hydrogen) atoms. The zero-order valence-electron chi connectivity index (χ0n) is 15.7. The molecule has 3 aromatic carbocycles. The van der Waals surface area contributed by atoms with Crippen molar-refractivity contribution in [2.24, 2.45) is 0 Å². The number of anilines is 1. The van der Waals surface area contributed by atoms with Crippen molar-refractivity contribution in [3.05, 3.63) is 95.5 Å². The molecule has 0 aliphatic rings. The number of nitrogens with zero attached hydrogens (tertiary/aromatic N) is 1. The predicted molar refractivity (Wildman–Crippen MR) is 114 cm³/mol. The summed E-state index contributed by atoms with van der Waals surface area (Å²) in [6.07, 6.45) is 1.68. The van der Waals surface area contributed by atoms with Crippen molar-refractivity contribution in [1.82, 2.24) is 4.98 Å². The third-order valence-electron chi connectivity index (χ3n) is 4.16. The van der Waals surface area contributed by atoms with Gasteiger partial charge in [0.25, 0.3) is 11.1 Å². The SMILES string of the molecule is Cc1ccccc1Oc1ccc(NC(=O)c2ccc(Oc3nccs3)cc2)cc1. The van der Waals surface area contributed by atoms with E-state index in [1.165, 1.54) is 11.3 Å². The van der Waals surface area contributed by atoms with Crippen LogP contribution in [0.15, 0.2) is 84.4 Å². The Morgan fingerprint density at radius 2 is 1.59 bits per heavy atom. The van der Waals surface area contributed by atoms with Crippen molar-refractivity contribution in [3.63, 3.8) is 0 Å². The van der Waals surface area contributed by atoms with E-state index in [9.17, 15) is 4.79 Å². The molecular weight excluding hydrogens is 384 g/mol. The van der Waals surface area contributed by atoms with E-state index in [-0.39, 0.29) is 5.91 Å². The van der Waals surface area contributed by atoms with Gasteiger partial charge in [0.05, 0.1) is 0 Å². The van der Waals surface area contributed by atoms with Crippen LogP contribution in [0.3, 0.4) is 0 Å². The van der Waals surface area contributed by atoms with Crippen molar-refractivity contribution < 1.29 is 14.3 Å². The summed E-state index contributed by atoms with van der Waals surface area (Å²) in [5.41, 5.74) is 2.29. The summed E-state index contributed by atoms with van der Waals surface area (Å²) in [6, 6.07) is 22.0. The lowest BCUT2D eigenvalue weighted by Gasteiger charge is -2.10. The minimum atomic E-state index is -0.196. The number of carbonyl (C=O) groups is 1. The van der Waals surface area contributed by atoms with E-state index >= 15 is 0 Å². The number of aromatic nitrogens is 1. The summed E-state index contributed by atoms with van der Waals surface area (Å²) in [6.45, 7) is 2.00. The number of benzene rings is 3. The van der Waals surface area contributed by atoms with Crippen LogP contribution in [-0.2, 0) is 0 Å². The molecule has 1 aromatic heterocycles. The van der Waals surface area contributed by atoms with E-state index in [1.54, 1.807) is 30.5 Å². The molecule has 0 saturated carbocycles. The fourth-order valence-corrected chi connectivity index (χ4v) is 3.15. The molecular formula is C23H18N2O3S. The van der Waals surface area contributed by atoms with Crippen molar-refractivity contribution in [3.8, 4) is 22.4 Å². The van der Waals surface area contributed by atoms with Gasteiger partial charge in [0.15, 0.2) is 0 Å². The van der Waals surface area contributed by atoms with Gasteiger partial charge in [0, 0.05) is 22.8 Å². The van der Waals surface area contributed by atoms with E-state index in [4.69, 9.17) is 9.47 Å². The van der Waals surface area contributed by atoms with Crippen molar-refractivity contribution in [2.75, 3.05) is 5.32 Å². The lowest BCUT2D eigenvalue weighted by atomic mass is 10.2. The second kappa shape index (κ2) is 8.58. The number of ether oxygens (including phenoxy) is 2. The van der Waals surface area contributed by atoms with Crippen LogP contribution in [0.25, 0.3) is 0 Å². The smallest absolute Gasteiger partial charge is 0.278 e. The predicted octanol–water partition coefficient (Wildman–Crippen LogP) is 6.29. The molecule has 0 atom stereocenters. The molecule has 0 aliphatic carbocycles. The first-order chi connectivity index (χ1) is 14.2. The highest BCUT2D eigenvalue weighted by Gasteiger charge is 2.08. The summed E-state index contributed by atoms with van der Waals surface area (Å²) in [5.74, 6) is 1.96. The molecule has 0 aliphatic heterocycles. The maximum atomic E-state index is 12.5. The van der Waals surface area contributed by atoms with Gasteiger partial charge in [-0.25, -0.2) is 4.98 Å². The van der Waals surface area contributed by atoms with Crippen LogP contribution in [-0.4, -0.2) is 10.9 Å². The van der Waals surface area contributed by atoms with Gasteiger partial charge in [-0.15, -0.1) is 0 Å². The van der Waals surface area contributed by atoms with E-state index in [0.29, 0.717) is 27.9 Å². The Morgan fingerprint density at radius 3 is 2.28 bits per heavy atom. The fourth-order valence-electron chi connectivity index (χ4n) is 2.64. The highest BCUT2D eigenvalue weighted by molar-refractivity contribution is 7.11. The van der Waals surface area contributed by atoms with Gasteiger partial charge in [-0.05, 0) is 67.1 Å². The Balaban J connectivity index is 1.37. The normalized spacial score (nSPS) is 10.4. The summed E-state index contributed by atoms with van der Waals surface area (Å²) < 4.78 is 11.5. The molecule has 6 heteroatoms. The van der Waals surface area contributed by atoms with Crippen LogP contribution in [0.1, 0.15) is 15.9 Å². The van der Waals surface area contributed by atoms with Crippen molar-refractivity contribution >= 4 is 22.9 Å². The van der Waals surface area contributed by atoms with E-state index in [2.05, 4.69) is 10.3 Å². The number of thiazole rings is 1. The minimum Gasteiger partial charge on any atom is -0.457 e. The third kappa shape index (κ3) is 4.80. The number of nitrogens with one attached hydrogen (secondary N) is 1. The lowest BCUT2D eigenvalue weighted by molar-refractivity contribution is 0.102. The summed E-state index contributed by atoms with van der Waals surface area (Å²) in [4.78, 5) is 16.5. The highest BCUT2D eigenvalue weighted by atomic mass is 32.1. The van der Waals surface area contributed by atoms with Crippen LogP contribution in [0.2, 0.25) is 0 Å². The first-order valence-electron chi connectivity index (χ1n) is 9.00. The molecule has 0 bridgehead atoms. The Morgan fingerprint density at radius 1 is 0.897 bits per heavy atom. The lowest BCUT2D eigenvalue weighted by Crippen LogP contribution is -2.11. The molecule has 4 rings (SSSR count). The largest absolute Gasteiger partial charge is 0.457 e. The van der Waals surface area contributed by atoms with E-state index in [0.717, 1.165) is 11.3 Å². The van der Waals surface area contributed by atoms with Crippen LogP contribution in [0.5, 0.6) is 22.4 Å². The van der Waals surface area contributed by atoms with Crippen LogP contribution in [0.4, 0.5) is 5.69 Å². The monoisotopic (exact) mass is 402 g/mol. The first kappa shape index (κ1) is 18.7. The second-order valence-corrected chi connectivity index (χ2v) is 7.13. The number of hydrogen-bond donors (Lipinski definition) is 1. The molecule has 0 radical (unpaired) electrons. The maximum absolute atomic E-state index is 12.5. The van der Waals surface area contributed by atoms with Crippen molar-refractivity contribution in [1.29, 1.82) is 0 Å². The minimum absolute atomic E-state index is 0.196. The van der Waals surface area contributed by atoms with Gasteiger partial charge in [-0.3, -0.25) is 4.79 Å². The molecule has 144 valence electrons. The zero-order chi connectivity index (χ0) is 20.1. The summed E-state index contributed by atoms with van der Waals surface area (Å²) >= 11 is 1.41. The topological polar surface area (TPSA) is 60.5 Å². The van der Waals surface area contributed by atoms with Crippen LogP contribution < -0.4 is 14.8 Å². The summed E-state index contributed by atoms with van der Waals surface area (Å²) in [5, 5.41) is 5.29. The number of aryl methyl sites for hydroxylation is 1. The molecule has 1 amide bonds. The first-order valence-corrected chi connectivity index (χ1v) is 9.88. The molecule has 0 unspecified atom stereocenters. The van der Waals surface area contributed by atoms with Crippen molar-refractivity contribution in [2.45, 2.75) is 6.92 Å². The Bertz CT molecular complexity index is 1090. The number of para-hydroxylation sites is 1. The molecule has 1 N–H and O–H groups in total. The zero-order valence-corrected chi connectivity index (χ0v) is 16.5. The molecule has 0 fully saturated rings. The summed E-state index contributed by atoms with van der Waals surface area (Å²) in [7, 11) is 0. The molecule has 0 saturated heterocycles. The van der Waals surface area contributed by atoms with Gasteiger partial charge < -0.3 is 14.8 Å². The van der Waals surface area contributed by atoms with Crippen LogP contribution >= 0.6 is 11.3 Å². The van der Waals surface area contributed by atoms with Gasteiger partial charge >= 0.3 is 0 Å². The highest BCUT2D eigenvalue weighted by Crippen LogP contribution is 2.26. The average molecular weight is 402 g/mol. The van der Waals surface area contributed by atoms with Crippen LogP contribution in [0, 0.1) is 6.92 Å². The number of amides is 1. The molecule has 4 aromatic rings. The Hall–Kier alpha value is -3.64. The second-order valence-electron chi connectivity index (χ2n) is 6.27. The third-order valence-corrected chi connectivity index (χ3v) is 4.81. The molecule has 1 heterocycles. The number of carbonyl (C=O) groups excluding carboxylic acids is 1. The standard InChI is InChI=1S/C23H18N2O3S/c1-16-4-2-3-5-21(16)27-19-12-8-18(9-13-19)25-22(26)17-6-10-20(11-7-17)28-23-24-14-15-29-23/h2-15H,1H3,(H,25,26). The number of rotatable bonds is 6. The maximum Gasteiger partial charge on any atom is 0.278 e. The average Bonchev–Trinajstić information content (AvgIpc) is 3.25. The van der Waals surface area contributed by atoms with Gasteiger partial charge in [0.1, 0.15) is 17.2 Å². The van der Waals surface area contributed by atoms with Gasteiger partial charge in [-0.1, -0.05) is 29.5 Å². The Labute approximate surface area is 172 Å². The Kier molecular flexibility index (Phi) is 5.54. The molecule has 0 spiro atoms.